The van der Waals surface area contributed by atoms with Gasteiger partial charge in [0.2, 0.25) is 0 Å². The summed E-state index contributed by atoms with van der Waals surface area (Å²) in [6.45, 7) is 2.22. The monoisotopic (exact) mass is 151 g/mol. The van der Waals surface area contributed by atoms with Crippen molar-refractivity contribution in [1.29, 1.82) is 5.26 Å². The molecule has 0 saturated heterocycles. The maximum atomic E-state index is 8.17. The first-order valence-corrected chi connectivity index (χ1v) is 4.46. The molecule has 62 valence electrons. The summed E-state index contributed by atoms with van der Waals surface area (Å²) in [5, 5.41) is 8.17. The molecule has 0 aromatic rings. The molecule has 0 aliphatic carbocycles. The van der Waals surface area contributed by atoms with Gasteiger partial charge in [0.05, 0.1) is 6.07 Å². The summed E-state index contributed by atoms with van der Waals surface area (Å²) in [6, 6.07) is 1.99. The van der Waals surface area contributed by atoms with E-state index in [4.69, 9.17) is 5.26 Å². The van der Waals surface area contributed by atoms with E-state index in [0.717, 1.165) is 6.42 Å². The number of nitriles is 1. The number of unbranched alkanes of at least 4 members (excludes halogenated alkanes) is 5. The maximum Gasteiger partial charge on any atom is 0.0908 e. The molecule has 0 aliphatic heterocycles. The first-order chi connectivity index (χ1) is 5.41. The summed E-state index contributed by atoms with van der Waals surface area (Å²) in [4.78, 5) is 0. The van der Waals surface area contributed by atoms with E-state index in [1.54, 1.807) is 6.08 Å². The van der Waals surface area contributed by atoms with Gasteiger partial charge in [0.1, 0.15) is 0 Å². The molecule has 0 rings (SSSR count). The quantitative estimate of drug-likeness (QED) is 0.421. The van der Waals surface area contributed by atoms with Crippen LogP contribution in [0.1, 0.15) is 45.4 Å². The van der Waals surface area contributed by atoms with Gasteiger partial charge in [-0.05, 0) is 12.8 Å². The Morgan fingerprint density at radius 2 is 1.91 bits per heavy atom. The second-order valence-electron chi connectivity index (χ2n) is 2.73. The highest BCUT2D eigenvalue weighted by atomic mass is 14.2. The lowest BCUT2D eigenvalue weighted by atomic mass is 10.1. The lowest BCUT2D eigenvalue weighted by molar-refractivity contribution is 0.637. The molecule has 0 aromatic heterocycles. The van der Waals surface area contributed by atoms with E-state index < -0.39 is 0 Å². The van der Waals surface area contributed by atoms with Crippen molar-refractivity contribution < 1.29 is 0 Å². The van der Waals surface area contributed by atoms with E-state index in [1.807, 2.05) is 12.1 Å². The SMILES string of the molecule is CCCCCCC/C=C\C#N. The van der Waals surface area contributed by atoms with Gasteiger partial charge in [0.15, 0.2) is 0 Å². The third kappa shape index (κ3) is 9.23. The zero-order valence-corrected chi connectivity index (χ0v) is 7.34. The Balaban J connectivity index is 2.92. The largest absolute Gasteiger partial charge is 0.193 e. The molecule has 0 bridgehead atoms. The normalized spacial score (nSPS) is 10.2. The molecule has 0 atom stereocenters. The van der Waals surface area contributed by atoms with Crippen molar-refractivity contribution in [2.45, 2.75) is 45.4 Å². The molecular weight excluding hydrogens is 134 g/mol. The minimum Gasteiger partial charge on any atom is -0.193 e. The summed E-state index contributed by atoms with van der Waals surface area (Å²) in [6.07, 6.45) is 11.1. The van der Waals surface area contributed by atoms with Crippen LogP contribution in [0.2, 0.25) is 0 Å². The van der Waals surface area contributed by atoms with E-state index in [2.05, 4.69) is 6.92 Å². The van der Waals surface area contributed by atoms with Gasteiger partial charge in [-0.1, -0.05) is 38.7 Å². The summed E-state index contributed by atoms with van der Waals surface area (Å²) >= 11 is 0. The second kappa shape index (κ2) is 9.23. The van der Waals surface area contributed by atoms with Crippen molar-refractivity contribution in [3.8, 4) is 6.07 Å². The van der Waals surface area contributed by atoms with Gasteiger partial charge in [-0.3, -0.25) is 0 Å². The minimum absolute atomic E-state index is 1.07. The van der Waals surface area contributed by atoms with Gasteiger partial charge < -0.3 is 0 Å². The molecule has 0 N–H and O–H groups in total. The first kappa shape index (κ1) is 10.2. The fourth-order valence-electron chi connectivity index (χ4n) is 1.00. The Hall–Kier alpha value is -0.770. The van der Waals surface area contributed by atoms with Gasteiger partial charge in [-0.15, -0.1) is 0 Å². The summed E-state index contributed by atoms with van der Waals surface area (Å²) in [5.74, 6) is 0. The highest BCUT2D eigenvalue weighted by molar-refractivity contribution is 5.01. The van der Waals surface area contributed by atoms with Crippen LogP contribution in [0, 0.1) is 11.3 Å². The third-order valence-electron chi connectivity index (χ3n) is 1.67. The highest BCUT2D eigenvalue weighted by Gasteiger charge is 1.85. The topological polar surface area (TPSA) is 23.8 Å². The Morgan fingerprint density at radius 3 is 2.55 bits per heavy atom. The lowest BCUT2D eigenvalue weighted by Crippen LogP contribution is -1.75. The summed E-state index contributed by atoms with van der Waals surface area (Å²) in [5.41, 5.74) is 0. The van der Waals surface area contributed by atoms with Gasteiger partial charge in [-0.2, -0.15) is 5.26 Å². The smallest absolute Gasteiger partial charge is 0.0908 e. The van der Waals surface area contributed by atoms with E-state index in [0.29, 0.717) is 0 Å². The second-order valence-corrected chi connectivity index (χ2v) is 2.73. The van der Waals surface area contributed by atoms with Crippen molar-refractivity contribution in [3.05, 3.63) is 12.2 Å². The van der Waals surface area contributed by atoms with E-state index in [9.17, 15) is 0 Å². The Bertz CT molecular complexity index is 130. The van der Waals surface area contributed by atoms with Gasteiger partial charge >= 0.3 is 0 Å². The van der Waals surface area contributed by atoms with Crippen LogP contribution < -0.4 is 0 Å². The predicted octanol–water partition coefficient (Wildman–Crippen LogP) is 3.43. The number of hydrogen-bond acceptors (Lipinski definition) is 1. The van der Waals surface area contributed by atoms with Crippen LogP contribution in [0.3, 0.4) is 0 Å². The molecule has 0 radical (unpaired) electrons. The first-order valence-electron chi connectivity index (χ1n) is 4.46. The minimum atomic E-state index is 1.07. The van der Waals surface area contributed by atoms with Crippen molar-refractivity contribution in [3.63, 3.8) is 0 Å². The Labute approximate surface area is 69.7 Å². The number of nitrogens with zero attached hydrogens (tertiary/aromatic N) is 1. The van der Waals surface area contributed by atoms with Crippen molar-refractivity contribution in [2.75, 3.05) is 0 Å². The van der Waals surface area contributed by atoms with Gasteiger partial charge in [0.25, 0.3) is 0 Å². The molecule has 11 heavy (non-hydrogen) atoms. The van der Waals surface area contributed by atoms with E-state index in [1.165, 1.54) is 32.1 Å². The third-order valence-corrected chi connectivity index (χ3v) is 1.67. The zero-order chi connectivity index (χ0) is 8.36. The predicted molar refractivity (Wildman–Crippen MR) is 48.1 cm³/mol. The van der Waals surface area contributed by atoms with Crippen LogP contribution in [0.15, 0.2) is 12.2 Å². The van der Waals surface area contributed by atoms with E-state index in [-0.39, 0.29) is 0 Å². The molecule has 1 nitrogen and oxygen atoms in total. The number of rotatable bonds is 6. The fraction of sp³-hybridized carbons (Fsp3) is 0.700. The average molecular weight is 151 g/mol. The molecule has 0 saturated carbocycles. The van der Waals surface area contributed by atoms with Crippen LogP contribution in [0.5, 0.6) is 0 Å². The molecule has 1 heteroatoms. The van der Waals surface area contributed by atoms with Gasteiger partial charge in [0, 0.05) is 6.08 Å². The van der Waals surface area contributed by atoms with Crippen molar-refractivity contribution in [2.24, 2.45) is 0 Å². The molecule has 0 aromatic carbocycles. The molecule has 0 unspecified atom stereocenters. The van der Waals surface area contributed by atoms with Crippen LogP contribution in [-0.4, -0.2) is 0 Å². The molecule has 0 aliphatic rings. The Morgan fingerprint density at radius 1 is 1.18 bits per heavy atom. The van der Waals surface area contributed by atoms with Crippen LogP contribution in [0.25, 0.3) is 0 Å². The zero-order valence-electron chi connectivity index (χ0n) is 7.34. The highest BCUT2D eigenvalue weighted by Crippen LogP contribution is 2.04. The molecular formula is C10H17N. The summed E-state index contributed by atoms with van der Waals surface area (Å²) < 4.78 is 0. The molecule has 0 amide bonds. The van der Waals surface area contributed by atoms with Crippen molar-refractivity contribution >= 4 is 0 Å². The average Bonchev–Trinajstić information content (AvgIpc) is 2.03. The standard InChI is InChI=1S/C10H17N/c1-2-3-4-5-6-7-8-9-10-11/h8-9H,2-7H2,1H3/b9-8-. The molecule has 0 fully saturated rings. The summed E-state index contributed by atoms with van der Waals surface area (Å²) in [7, 11) is 0. The molecule has 0 heterocycles. The number of allylic oxidation sites excluding steroid dienone is 2. The van der Waals surface area contributed by atoms with Crippen molar-refractivity contribution in [1.82, 2.24) is 0 Å². The maximum absolute atomic E-state index is 8.17. The number of hydrogen-bond donors (Lipinski definition) is 0. The fourth-order valence-corrected chi connectivity index (χ4v) is 1.00. The van der Waals surface area contributed by atoms with Gasteiger partial charge in [-0.25, -0.2) is 0 Å². The molecule has 0 spiro atoms. The van der Waals surface area contributed by atoms with E-state index >= 15 is 0 Å². The van der Waals surface area contributed by atoms with Crippen LogP contribution in [0.4, 0.5) is 0 Å². The van der Waals surface area contributed by atoms with Crippen LogP contribution >= 0.6 is 0 Å². The van der Waals surface area contributed by atoms with Crippen LogP contribution in [-0.2, 0) is 0 Å². The lowest BCUT2D eigenvalue weighted by Gasteiger charge is -1.94. The Kier molecular flexibility index (Phi) is 8.58.